The van der Waals surface area contributed by atoms with Gasteiger partial charge in [0, 0.05) is 30.9 Å². The van der Waals surface area contributed by atoms with Crippen molar-refractivity contribution >= 4 is 11.6 Å². The maximum atomic E-state index is 14.0. The highest BCUT2D eigenvalue weighted by atomic mass is 19.4. The van der Waals surface area contributed by atoms with E-state index in [4.69, 9.17) is 4.74 Å². The quantitative estimate of drug-likeness (QED) is 0.580. The number of halogens is 6. The minimum absolute atomic E-state index is 0.0743. The molecule has 4 rings (SSSR count). The Labute approximate surface area is 176 Å². The van der Waals surface area contributed by atoms with Crippen LogP contribution in [0.4, 0.5) is 32.0 Å². The van der Waals surface area contributed by atoms with Crippen molar-refractivity contribution in [3.8, 4) is 17.0 Å². The van der Waals surface area contributed by atoms with E-state index in [1.54, 1.807) is 12.1 Å². The van der Waals surface area contributed by atoms with Crippen LogP contribution in [0.5, 0.6) is 5.75 Å². The van der Waals surface area contributed by atoms with Crippen LogP contribution in [0.2, 0.25) is 0 Å². The van der Waals surface area contributed by atoms with Gasteiger partial charge in [-0.1, -0.05) is 12.1 Å². The molecule has 1 aliphatic rings. The second kappa shape index (κ2) is 7.53. The zero-order valence-corrected chi connectivity index (χ0v) is 16.3. The first-order chi connectivity index (χ1) is 15.0. The van der Waals surface area contributed by atoms with Gasteiger partial charge in [0.05, 0.1) is 6.61 Å². The molecule has 6 nitrogen and oxygen atoms in total. The number of anilines is 1. The smallest absolute Gasteiger partial charge is 0.433 e. The second-order valence-corrected chi connectivity index (χ2v) is 6.97. The number of alkyl halides is 6. The van der Waals surface area contributed by atoms with Crippen LogP contribution >= 0.6 is 0 Å². The van der Waals surface area contributed by atoms with E-state index >= 15 is 0 Å². The summed E-state index contributed by atoms with van der Waals surface area (Å²) in [4.78, 5) is 15.9. The minimum atomic E-state index is -4.98. The Balaban J connectivity index is 1.79. The normalized spacial score (nSPS) is 13.6. The molecule has 0 saturated heterocycles. The highest BCUT2D eigenvalue weighted by molar-refractivity contribution is 6.05. The van der Waals surface area contributed by atoms with Crippen LogP contribution in [0, 0.1) is 0 Å². The Morgan fingerprint density at radius 1 is 1.12 bits per heavy atom. The molecule has 0 aliphatic carbocycles. The molecule has 1 aromatic carbocycles. The number of aromatic nitrogens is 3. The number of rotatable bonds is 3. The number of ether oxygens (including phenoxy) is 1. The van der Waals surface area contributed by atoms with Gasteiger partial charge in [-0.2, -0.15) is 31.4 Å². The van der Waals surface area contributed by atoms with E-state index in [0.29, 0.717) is 24.7 Å². The van der Waals surface area contributed by atoms with Crippen molar-refractivity contribution in [2.75, 3.05) is 11.9 Å². The molecule has 0 unspecified atom stereocenters. The highest BCUT2D eigenvalue weighted by Crippen LogP contribution is 2.44. The van der Waals surface area contributed by atoms with Crippen LogP contribution in [0.3, 0.4) is 0 Å². The standard InChI is InChI=1S/C20H14F6N4O2/c1-30-16(18(31)28-11-5-7-27-13(9-11)19(21,22)23)14(20(24,25)26)15(29-30)12-4-2-3-10-6-8-32-17(10)12/h2-5,7,9H,6,8H2,1H3,(H,27,28,31). The van der Waals surface area contributed by atoms with Crippen molar-refractivity contribution in [1.82, 2.24) is 14.8 Å². The number of nitrogens with zero attached hydrogens (tertiary/aromatic N) is 3. The van der Waals surface area contributed by atoms with Gasteiger partial charge < -0.3 is 10.1 Å². The van der Waals surface area contributed by atoms with Gasteiger partial charge in [0.15, 0.2) is 0 Å². The first kappa shape index (κ1) is 21.7. The Kier molecular flexibility index (Phi) is 5.10. The zero-order chi connectivity index (χ0) is 23.3. The molecule has 0 saturated carbocycles. The lowest BCUT2D eigenvalue weighted by atomic mass is 10.0. The highest BCUT2D eigenvalue weighted by Gasteiger charge is 2.43. The van der Waals surface area contributed by atoms with Crippen molar-refractivity contribution in [1.29, 1.82) is 0 Å². The molecule has 1 N–H and O–H groups in total. The van der Waals surface area contributed by atoms with Crippen LogP contribution in [0.15, 0.2) is 36.5 Å². The maximum Gasteiger partial charge on any atom is 0.433 e. The molecular formula is C20H14F6N4O2. The maximum absolute atomic E-state index is 14.0. The van der Waals surface area contributed by atoms with E-state index < -0.39 is 40.9 Å². The van der Waals surface area contributed by atoms with E-state index in [2.05, 4.69) is 15.4 Å². The summed E-state index contributed by atoms with van der Waals surface area (Å²) >= 11 is 0. The summed E-state index contributed by atoms with van der Waals surface area (Å²) in [6.07, 6.45) is -8.45. The van der Waals surface area contributed by atoms with Crippen LogP contribution in [0.1, 0.15) is 27.3 Å². The fourth-order valence-electron chi connectivity index (χ4n) is 3.50. The lowest BCUT2D eigenvalue weighted by Gasteiger charge is -2.13. The number of aryl methyl sites for hydroxylation is 1. The van der Waals surface area contributed by atoms with Crippen molar-refractivity contribution in [2.45, 2.75) is 18.8 Å². The van der Waals surface area contributed by atoms with E-state index in [-0.39, 0.29) is 17.0 Å². The summed E-state index contributed by atoms with van der Waals surface area (Å²) < 4.78 is 86.9. The Morgan fingerprint density at radius 3 is 2.56 bits per heavy atom. The van der Waals surface area contributed by atoms with E-state index in [9.17, 15) is 31.1 Å². The average Bonchev–Trinajstić information content (AvgIpc) is 3.31. The SMILES string of the molecule is Cn1nc(-c2cccc3c2OCC3)c(C(F)(F)F)c1C(=O)Nc1ccnc(C(F)(F)F)c1. The van der Waals surface area contributed by atoms with Crippen LogP contribution in [-0.4, -0.2) is 27.3 Å². The van der Waals surface area contributed by atoms with Gasteiger partial charge in [0.2, 0.25) is 0 Å². The lowest BCUT2D eigenvalue weighted by Crippen LogP contribution is -2.21. The largest absolute Gasteiger partial charge is 0.492 e. The van der Waals surface area contributed by atoms with Crippen molar-refractivity contribution < 1.29 is 35.9 Å². The molecule has 2 aromatic heterocycles. The minimum Gasteiger partial charge on any atom is -0.492 e. The topological polar surface area (TPSA) is 69.0 Å². The summed E-state index contributed by atoms with van der Waals surface area (Å²) in [7, 11) is 1.14. The molecule has 0 spiro atoms. The van der Waals surface area contributed by atoms with Gasteiger partial charge in [-0.25, -0.2) is 0 Å². The average molecular weight is 456 g/mol. The van der Waals surface area contributed by atoms with Gasteiger partial charge in [-0.05, 0) is 23.8 Å². The molecular weight excluding hydrogens is 442 g/mol. The number of fused-ring (bicyclic) bond motifs is 1. The third-order valence-corrected chi connectivity index (χ3v) is 4.82. The van der Waals surface area contributed by atoms with Gasteiger partial charge in [-0.3, -0.25) is 14.5 Å². The van der Waals surface area contributed by atoms with Crippen LogP contribution in [0.25, 0.3) is 11.3 Å². The Bertz CT molecular complexity index is 1200. The summed E-state index contributed by atoms with van der Waals surface area (Å²) in [6, 6.07) is 6.25. The lowest BCUT2D eigenvalue weighted by molar-refractivity contribution is -0.141. The number of carbonyl (C=O) groups excluding carboxylic acids is 1. The fourth-order valence-corrected chi connectivity index (χ4v) is 3.50. The molecule has 3 heterocycles. The predicted molar refractivity (Wildman–Crippen MR) is 100 cm³/mol. The molecule has 168 valence electrons. The molecule has 0 bridgehead atoms. The molecule has 0 fully saturated rings. The number of para-hydroxylation sites is 1. The van der Waals surface area contributed by atoms with Gasteiger partial charge in [0.1, 0.15) is 28.4 Å². The number of carbonyl (C=O) groups is 1. The molecule has 1 aliphatic heterocycles. The fraction of sp³-hybridized carbons (Fsp3) is 0.250. The van der Waals surface area contributed by atoms with Crippen molar-refractivity contribution in [2.24, 2.45) is 7.05 Å². The third-order valence-electron chi connectivity index (χ3n) is 4.82. The summed E-state index contributed by atoms with van der Waals surface area (Å²) in [5.74, 6) is -1.02. The van der Waals surface area contributed by atoms with Crippen LogP contribution < -0.4 is 10.1 Å². The number of benzene rings is 1. The van der Waals surface area contributed by atoms with Crippen molar-refractivity contribution in [3.63, 3.8) is 0 Å². The number of hydrogen-bond acceptors (Lipinski definition) is 4. The van der Waals surface area contributed by atoms with Gasteiger partial charge >= 0.3 is 12.4 Å². The number of pyridine rings is 1. The van der Waals surface area contributed by atoms with E-state index in [1.165, 1.54) is 6.07 Å². The van der Waals surface area contributed by atoms with Crippen molar-refractivity contribution in [3.05, 3.63) is 59.0 Å². The number of amides is 1. The predicted octanol–water partition coefficient (Wildman–Crippen LogP) is 4.71. The zero-order valence-electron chi connectivity index (χ0n) is 16.3. The Morgan fingerprint density at radius 2 is 1.88 bits per heavy atom. The Hall–Kier alpha value is -3.57. The first-order valence-electron chi connectivity index (χ1n) is 9.20. The van der Waals surface area contributed by atoms with Gasteiger partial charge in [-0.15, -0.1) is 0 Å². The monoisotopic (exact) mass is 456 g/mol. The third kappa shape index (κ3) is 3.87. The first-order valence-corrected chi connectivity index (χ1v) is 9.20. The molecule has 32 heavy (non-hydrogen) atoms. The second-order valence-electron chi connectivity index (χ2n) is 6.97. The van der Waals surface area contributed by atoms with E-state index in [1.807, 2.05) is 0 Å². The van der Waals surface area contributed by atoms with Gasteiger partial charge in [0.25, 0.3) is 5.91 Å². The summed E-state index contributed by atoms with van der Waals surface area (Å²) in [5.41, 5.74) is -3.55. The molecule has 0 radical (unpaired) electrons. The molecule has 0 atom stereocenters. The van der Waals surface area contributed by atoms with E-state index in [0.717, 1.165) is 24.0 Å². The molecule has 12 heteroatoms. The summed E-state index contributed by atoms with van der Waals surface area (Å²) in [5, 5.41) is 5.98. The van der Waals surface area contributed by atoms with Crippen LogP contribution in [-0.2, 0) is 25.8 Å². The summed E-state index contributed by atoms with van der Waals surface area (Å²) in [6.45, 7) is 0.303. The number of nitrogens with one attached hydrogen (secondary N) is 1. The molecule has 1 amide bonds. The molecule has 3 aromatic rings. The number of hydrogen-bond donors (Lipinski definition) is 1.